The molecule has 3 rings (SSSR count). The average molecular weight is 544 g/mol. The van der Waals surface area contributed by atoms with E-state index >= 15 is 0 Å². The number of methoxy groups -OCH3 is 2. The fraction of sp³-hybridized carbons (Fsp3) is 0.316. The van der Waals surface area contributed by atoms with Crippen LogP contribution in [0, 0.1) is 6.92 Å². The van der Waals surface area contributed by atoms with Crippen molar-refractivity contribution in [2.45, 2.75) is 18.6 Å². The first-order valence-corrected chi connectivity index (χ1v) is 10.7. The van der Waals surface area contributed by atoms with E-state index in [1.54, 1.807) is 0 Å². The molecule has 1 aromatic carbocycles. The minimum atomic E-state index is -6.26. The number of aryl methyl sites for hydroxylation is 1. The van der Waals surface area contributed by atoms with Gasteiger partial charge in [0.2, 0.25) is 5.75 Å². The standard InChI is InChI=1S/C19H14F6N2O8S/c1-8-4-9(18(20,21)22)5-11(33-7-31-2)13(8)10-6-12-14(27-26-10)15(16(34-12)17(28)32-3)35-36(29,30)19(23,24)25/h4-6H,7H2,1-3H3. The molecule has 0 spiro atoms. The van der Waals surface area contributed by atoms with E-state index in [9.17, 15) is 39.6 Å². The Morgan fingerprint density at radius 2 is 1.72 bits per heavy atom. The first-order chi connectivity index (χ1) is 16.6. The van der Waals surface area contributed by atoms with Crippen molar-refractivity contribution in [2.24, 2.45) is 0 Å². The highest BCUT2D eigenvalue weighted by Crippen LogP contribution is 2.41. The molecule has 3 aromatic rings. The molecule has 0 N–H and O–H groups in total. The van der Waals surface area contributed by atoms with Gasteiger partial charge in [0.1, 0.15) is 11.4 Å². The molecule has 0 atom stereocenters. The number of hydrogen-bond donors (Lipinski definition) is 0. The molecular formula is C19H14F6N2O8S. The second kappa shape index (κ2) is 9.45. The molecule has 0 saturated carbocycles. The molecule has 0 amide bonds. The molecule has 0 saturated heterocycles. The summed E-state index contributed by atoms with van der Waals surface area (Å²) < 4.78 is 125. The topological polar surface area (TPSA) is 127 Å². The number of halogens is 6. The van der Waals surface area contributed by atoms with Crippen molar-refractivity contribution in [3.63, 3.8) is 0 Å². The predicted octanol–water partition coefficient (Wildman–Crippen LogP) is 4.21. The van der Waals surface area contributed by atoms with Gasteiger partial charge in [-0.2, -0.15) is 34.8 Å². The van der Waals surface area contributed by atoms with Gasteiger partial charge in [-0.05, 0) is 24.6 Å². The molecule has 36 heavy (non-hydrogen) atoms. The zero-order chi connectivity index (χ0) is 27.1. The van der Waals surface area contributed by atoms with Crippen molar-refractivity contribution < 1.29 is 62.4 Å². The summed E-state index contributed by atoms with van der Waals surface area (Å²) >= 11 is 0. The van der Waals surface area contributed by atoms with Crippen LogP contribution in [0.5, 0.6) is 11.5 Å². The molecule has 0 aliphatic carbocycles. The number of carbonyl (C=O) groups is 1. The van der Waals surface area contributed by atoms with Crippen LogP contribution in [0.25, 0.3) is 22.4 Å². The molecule has 0 radical (unpaired) electrons. The van der Waals surface area contributed by atoms with Gasteiger partial charge >= 0.3 is 27.8 Å². The van der Waals surface area contributed by atoms with Gasteiger partial charge in [0.05, 0.1) is 12.7 Å². The number of furan rings is 1. The van der Waals surface area contributed by atoms with E-state index in [0.29, 0.717) is 6.07 Å². The summed E-state index contributed by atoms with van der Waals surface area (Å²) in [5.41, 5.74) is -8.35. The third-order valence-electron chi connectivity index (χ3n) is 4.45. The molecular weight excluding hydrogens is 530 g/mol. The highest BCUT2D eigenvalue weighted by molar-refractivity contribution is 7.88. The van der Waals surface area contributed by atoms with E-state index in [1.807, 2.05) is 0 Å². The minimum absolute atomic E-state index is 0.000415. The van der Waals surface area contributed by atoms with Gasteiger partial charge in [-0.25, -0.2) is 4.79 Å². The summed E-state index contributed by atoms with van der Waals surface area (Å²) in [6.45, 7) is 0.840. The summed E-state index contributed by atoms with van der Waals surface area (Å²) in [6.07, 6.45) is -4.73. The van der Waals surface area contributed by atoms with E-state index in [2.05, 4.69) is 19.1 Å². The number of benzene rings is 1. The van der Waals surface area contributed by atoms with Crippen LogP contribution in [-0.4, -0.2) is 51.1 Å². The first-order valence-electron chi connectivity index (χ1n) is 9.34. The second-order valence-electron chi connectivity index (χ2n) is 6.89. The summed E-state index contributed by atoms with van der Waals surface area (Å²) in [7, 11) is -4.20. The fourth-order valence-corrected chi connectivity index (χ4v) is 3.41. The highest BCUT2D eigenvalue weighted by Gasteiger charge is 2.50. The number of esters is 1. The van der Waals surface area contributed by atoms with Crippen LogP contribution >= 0.6 is 0 Å². The maximum atomic E-state index is 13.3. The largest absolute Gasteiger partial charge is 0.534 e. The Hall–Kier alpha value is -3.60. The maximum absolute atomic E-state index is 13.3. The number of nitrogens with zero attached hydrogens (tertiary/aromatic N) is 2. The number of fused-ring (bicyclic) bond motifs is 1. The van der Waals surface area contributed by atoms with Gasteiger partial charge in [0.15, 0.2) is 17.9 Å². The molecule has 10 nitrogen and oxygen atoms in total. The summed E-state index contributed by atoms with van der Waals surface area (Å²) in [6, 6.07) is 2.43. The van der Waals surface area contributed by atoms with Gasteiger partial charge in [-0.15, -0.1) is 10.2 Å². The number of carbonyl (C=O) groups excluding carboxylic acids is 1. The van der Waals surface area contributed by atoms with E-state index in [1.165, 1.54) is 14.0 Å². The highest BCUT2D eigenvalue weighted by atomic mass is 32.2. The lowest BCUT2D eigenvalue weighted by molar-refractivity contribution is -0.137. The zero-order valence-corrected chi connectivity index (χ0v) is 19.1. The Labute approximate surface area is 197 Å². The maximum Gasteiger partial charge on any atom is 0.534 e. The van der Waals surface area contributed by atoms with Crippen LogP contribution in [0.15, 0.2) is 22.6 Å². The van der Waals surface area contributed by atoms with Gasteiger partial charge < -0.3 is 22.8 Å². The number of alkyl halides is 6. The van der Waals surface area contributed by atoms with Gasteiger partial charge in [0, 0.05) is 18.7 Å². The smallest absolute Gasteiger partial charge is 0.467 e. The SMILES string of the molecule is COCOc1cc(C(F)(F)F)cc(C)c1-c1cc2oc(C(=O)OC)c(OS(=O)(=O)C(F)(F)F)c2nn1. The summed E-state index contributed by atoms with van der Waals surface area (Å²) in [5.74, 6) is -4.06. The first kappa shape index (κ1) is 27.0. The van der Waals surface area contributed by atoms with Crippen molar-refractivity contribution >= 4 is 27.2 Å². The van der Waals surface area contributed by atoms with Crippen molar-refractivity contribution in [1.82, 2.24) is 10.2 Å². The predicted molar refractivity (Wildman–Crippen MR) is 106 cm³/mol. The number of ether oxygens (including phenoxy) is 3. The van der Waals surface area contributed by atoms with E-state index in [4.69, 9.17) is 13.9 Å². The third kappa shape index (κ3) is 5.15. The van der Waals surface area contributed by atoms with Crippen molar-refractivity contribution in [3.05, 3.63) is 35.1 Å². The Morgan fingerprint density at radius 3 is 2.28 bits per heavy atom. The monoisotopic (exact) mass is 544 g/mol. The summed E-state index contributed by atoms with van der Waals surface area (Å²) in [5, 5.41) is 7.31. The Bertz CT molecular complexity index is 1420. The normalized spacial score (nSPS) is 12.6. The Balaban J connectivity index is 2.23. The molecule has 196 valence electrons. The molecule has 17 heteroatoms. The van der Waals surface area contributed by atoms with Crippen LogP contribution in [-0.2, 0) is 25.8 Å². The lowest BCUT2D eigenvalue weighted by Crippen LogP contribution is -2.28. The van der Waals surface area contributed by atoms with Gasteiger partial charge in [0.25, 0.3) is 5.76 Å². The van der Waals surface area contributed by atoms with Crippen LogP contribution in [0.3, 0.4) is 0 Å². The van der Waals surface area contributed by atoms with Crippen LogP contribution in [0.4, 0.5) is 26.3 Å². The van der Waals surface area contributed by atoms with Crippen molar-refractivity contribution in [3.8, 4) is 22.8 Å². The lowest BCUT2D eigenvalue weighted by atomic mass is 10.0. The average Bonchev–Trinajstić information content (AvgIpc) is 3.12. The molecule has 0 aliphatic heterocycles. The number of hydrogen-bond acceptors (Lipinski definition) is 10. The van der Waals surface area contributed by atoms with E-state index in [0.717, 1.165) is 19.2 Å². The molecule has 0 aliphatic rings. The van der Waals surface area contributed by atoms with Crippen LogP contribution < -0.4 is 8.92 Å². The van der Waals surface area contributed by atoms with E-state index < -0.39 is 62.7 Å². The number of rotatable bonds is 7. The van der Waals surface area contributed by atoms with Gasteiger partial charge in [-0.3, -0.25) is 0 Å². The van der Waals surface area contributed by atoms with Crippen LogP contribution in [0.2, 0.25) is 0 Å². The second-order valence-corrected chi connectivity index (χ2v) is 8.43. The van der Waals surface area contributed by atoms with Gasteiger partial charge in [-0.1, -0.05) is 0 Å². The fourth-order valence-electron chi connectivity index (χ4n) is 2.94. The molecule has 2 heterocycles. The molecule has 0 unspecified atom stereocenters. The third-order valence-corrected chi connectivity index (χ3v) is 5.41. The molecule has 2 aromatic heterocycles. The minimum Gasteiger partial charge on any atom is -0.467 e. The molecule has 0 bridgehead atoms. The quantitative estimate of drug-likeness (QED) is 0.140. The molecule has 0 fully saturated rings. The zero-order valence-electron chi connectivity index (χ0n) is 18.3. The van der Waals surface area contributed by atoms with Crippen molar-refractivity contribution in [2.75, 3.05) is 21.0 Å². The van der Waals surface area contributed by atoms with E-state index in [-0.39, 0.29) is 22.6 Å². The Morgan fingerprint density at radius 1 is 1.06 bits per heavy atom. The van der Waals surface area contributed by atoms with Crippen LogP contribution in [0.1, 0.15) is 21.7 Å². The lowest BCUT2D eigenvalue weighted by Gasteiger charge is -2.16. The number of aromatic nitrogens is 2. The van der Waals surface area contributed by atoms with Crippen molar-refractivity contribution in [1.29, 1.82) is 0 Å². The summed E-state index contributed by atoms with van der Waals surface area (Å²) in [4.78, 5) is 12.0. The Kier molecular flexibility index (Phi) is 7.09.